The number of halogens is 3. The number of carbonyl (C=O) groups excluding carboxylic acids is 1. The van der Waals surface area contributed by atoms with E-state index in [-0.39, 0.29) is 17.2 Å². The predicted molar refractivity (Wildman–Crippen MR) is 112 cm³/mol. The Labute approximate surface area is 173 Å². The molecule has 1 fully saturated rings. The molecule has 1 unspecified atom stereocenters. The molecule has 27 heavy (non-hydrogen) atoms. The second-order valence-electron chi connectivity index (χ2n) is 6.74. The molecule has 0 saturated heterocycles. The van der Waals surface area contributed by atoms with Gasteiger partial charge >= 0.3 is 0 Å². The molecule has 1 aliphatic carbocycles. The zero-order valence-electron chi connectivity index (χ0n) is 14.3. The molecular formula is C22H16Cl3NO. The number of benzene rings is 3. The molecular weight excluding hydrogens is 401 g/mol. The molecule has 1 N–H and O–H groups in total. The van der Waals surface area contributed by atoms with Gasteiger partial charge in [0.2, 0.25) is 5.91 Å². The summed E-state index contributed by atoms with van der Waals surface area (Å²) < 4.78 is 0. The van der Waals surface area contributed by atoms with E-state index < -0.39 is 0 Å². The normalized spacial score (nSPS) is 17.4. The maximum Gasteiger partial charge on any atom is 0.228 e. The van der Waals surface area contributed by atoms with Crippen LogP contribution in [0, 0.1) is 5.92 Å². The average molecular weight is 417 g/mol. The summed E-state index contributed by atoms with van der Waals surface area (Å²) in [4.78, 5) is 13.0. The summed E-state index contributed by atoms with van der Waals surface area (Å²) in [5, 5.41) is 4.92. The number of amides is 1. The average Bonchev–Trinajstić information content (AvgIpc) is 3.40. The summed E-state index contributed by atoms with van der Waals surface area (Å²) >= 11 is 18.1. The molecule has 1 atom stereocenters. The Morgan fingerprint density at radius 2 is 1.37 bits per heavy atom. The Balaban J connectivity index is 1.67. The van der Waals surface area contributed by atoms with Gasteiger partial charge in [-0.15, -0.1) is 0 Å². The van der Waals surface area contributed by atoms with E-state index in [9.17, 15) is 4.79 Å². The Kier molecular flexibility index (Phi) is 4.90. The van der Waals surface area contributed by atoms with Gasteiger partial charge in [0.15, 0.2) is 0 Å². The molecule has 0 radical (unpaired) electrons. The summed E-state index contributed by atoms with van der Waals surface area (Å²) in [6.45, 7) is 0. The summed E-state index contributed by atoms with van der Waals surface area (Å²) in [6, 6.07) is 22.6. The quantitative estimate of drug-likeness (QED) is 0.510. The summed E-state index contributed by atoms with van der Waals surface area (Å²) in [6.07, 6.45) is 0.725. The zero-order chi connectivity index (χ0) is 19.0. The van der Waals surface area contributed by atoms with Gasteiger partial charge < -0.3 is 5.32 Å². The van der Waals surface area contributed by atoms with Crippen molar-refractivity contribution in [2.45, 2.75) is 11.8 Å². The first-order chi connectivity index (χ1) is 13.0. The number of hydrogen-bond acceptors (Lipinski definition) is 1. The molecule has 3 aromatic rings. The van der Waals surface area contributed by atoms with Crippen molar-refractivity contribution >= 4 is 46.4 Å². The number of carbonyl (C=O) groups is 1. The van der Waals surface area contributed by atoms with Gasteiger partial charge in [-0.05, 0) is 60.0 Å². The number of hydrogen-bond donors (Lipinski definition) is 1. The molecule has 1 saturated carbocycles. The fourth-order valence-corrected chi connectivity index (χ4v) is 4.12. The monoisotopic (exact) mass is 415 g/mol. The number of anilines is 1. The first kappa shape index (κ1) is 18.4. The number of rotatable bonds is 4. The smallest absolute Gasteiger partial charge is 0.228 e. The Morgan fingerprint density at radius 3 is 1.89 bits per heavy atom. The van der Waals surface area contributed by atoms with Gasteiger partial charge in [0.25, 0.3) is 0 Å². The predicted octanol–water partition coefficient (Wildman–Crippen LogP) is 6.59. The molecule has 5 heteroatoms. The lowest BCUT2D eigenvalue weighted by Crippen LogP contribution is -2.22. The summed E-state index contributed by atoms with van der Waals surface area (Å²) in [5.74, 6) is -0.207. The molecule has 2 nitrogen and oxygen atoms in total. The molecule has 0 aliphatic heterocycles. The van der Waals surface area contributed by atoms with Crippen LogP contribution in [-0.4, -0.2) is 5.91 Å². The standard InChI is InChI=1S/C22H16Cl3NO/c23-16-8-4-14(5-9-16)22(15-6-10-17(24)11-7-15)13-20(22)21(27)26-19-3-1-2-18(25)12-19/h1-12,20H,13H2,(H,26,27). The van der Waals surface area contributed by atoms with Crippen molar-refractivity contribution in [1.29, 1.82) is 0 Å². The first-order valence-electron chi connectivity index (χ1n) is 8.57. The van der Waals surface area contributed by atoms with Crippen LogP contribution in [0.5, 0.6) is 0 Å². The molecule has 1 aliphatic rings. The van der Waals surface area contributed by atoms with Crippen molar-refractivity contribution in [2.75, 3.05) is 5.32 Å². The van der Waals surface area contributed by atoms with E-state index in [0.717, 1.165) is 17.5 Å². The van der Waals surface area contributed by atoms with Crippen LogP contribution in [0.2, 0.25) is 15.1 Å². The Hall–Kier alpha value is -2.00. The Morgan fingerprint density at radius 1 is 0.815 bits per heavy atom. The second kappa shape index (κ2) is 7.20. The van der Waals surface area contributed by atoms with Crippen LogP contribution in [0.3, 0.4) is 0 Å². The van der Waals surface area contributed by atoms with E-state index in [2.05, 4.69) is 5.32 Å². The maximum absolute atomic E-state index is 13.0. The minimum Gasteiger partial charge on any atom is -0.326 e. The molecule has 4 rings (SSSR count). The van der Waals surface area contributed by atoms with Crippen LogP contribution < -0.4 is 5.32 Å². The fourth-order valence-electron chi connectivity index (χ4n) is 3.67. The van der Waals surface area contributed by atoms with Gasteiger partial charge in [-0.3, -0.25) is 4.79 Å². The van der Waals surface area contributed by atoms with Gasteiger partial charge in [0.05, 0.1) is 5.92 Å². The van der Waals surface area contributed by atoms with Gasteiger partial charge in [-0.2, -0.15) is 0 Å². The number of nitrogens with one attached hydrogen (secondary N) is 1. The SMILES string of the molecule is O=C(Nc1cccc(Cl)c1)C1CC1(c1ccc(Cl)cc1)c1ccc(Cl)cc1. The van der Waals surface area contributed by atoms with Crippen molar-refractivity contribution in [3.8, 4) is 0 Å². The van der Waals surface area contributed by atoms with E-state index in [4.69, 9.17) is 34.8 Å². The van der Waals surface area contributed by atoms with Gasteiger partial charge in [-0.25, -0.2) is 0 Å². The zero-order valence-corrected chi connectivity index (χ0v) is 16.5. The highest BCUT2D eigenvalue weighted by Crippen LogP contribution is 2.59. The van der Waals surface area contributed by atoms with Gasteiger partial charge in [0, 0.05) is 26.2 Å². The lowest BCUT2D eigenvalue weighted by molar-refractivity contribution is -0.117. The topological polar surface area (TPSA) is 29.1 Å². The highest BCUT2D eigenvalue weighted by Gasteiger charge is 2.60. The van der Waals surface area contributed by atoms with Crippen molar-refractivity contribution in [2.24, 2.45) is 5.92 Å². The fraction of sp³-hybridized carbons (Fsp3) is 0.136. The Bertz CT molecular complexity index is 938. The lowest BCUT2D eigenvalue weighted by atomic mass is 9.85. The molecule has 0 bridgehead atoms. The maximum atomic E-state index is 13.0. The van der Waals surface area contributed by atoms with Crippen LogP contribution in [0.1, 0.15) is 17.5 Å². The van der Waals surface area contributed by atoms with Crippen molar-refractivity contribution in [3.63, 3.8) is 0 Å². The largest absolute Gasteiger partial charge is 0.326 e. The first-order valence-corrected chi connectivity index (χ1v) is 9.71. The van der Waals surface area contributed by atoms with Gasteiger partial charge in [0.1, 0.15) is 0 Å². The van der Waals surface area contributed by atoms with Crippen LogP contribution in [0.15, 0.2) is 72.8 Å². The third kappa shape index (κ3) is 3.58. The van der Waals surface area contributed by atoms with E-state index in [1.165, 1.54) is 0 Å². The summed E-state index contributed by atoms with van der Waals surface area (Å²) in [5.41, 5.74) is 2.46. The molecule has 0 heterocycles. The second-order valence-corrected chi connectivity index (χ2v) is 8.05. The molecule has 3 aromatic carbocycles. The molecule has 0 aromatic heterocycles. The van der Waals surface area contributed by atoms with E-state index in [0.29, 0.717) is 20.8 Å². The third-order valence-electron chi connectivity index (χ3n) is 5.09. The highest BCUT2D eigenvalue weighted by atomic mass is 35.5. The van der Waals surface area contributed by atoms with E-state index in [1.54, 1.807) is 12.1 Å². The van der Waals surface area contributed by atoms with Crippen molar-refractivity contribution in [1.82, 2.24) is 0 Å². The van der Waals surface area contributed by atoms with Gasteiger partial charge in [-0.1, -0.05) is 65.1 Å². The molecule has 136 valence electrons. The van der Waals surface area contributed by atoms with Crippen LogP contribution in [-0.2, 0) is 10.2 Å². The molecule has 0 spiro atoms. The minimum atomic E-state index is -0.377. The van der Waals surface area contributed by atoms with E-state index >= 15 is 0 Å². The lowest BCUT2D eigenvalue weighted by Gasteiger charge is -2.19. The van der Waals surface area contributed by atoms with Crippen molar-refractivity contribution < 1.29 is 4.79 Å². The van der Waals surface area contributed by atoms with Crippen LogP contribution in [0.25, 0.3) is 0 Å². The highest BCUT2D eigenvalue weighted by molar-refractivity contribution is 6.31. The van der Waals surface area contributed by atoms with E-state index in [1.807, 2.05) is 60.7 Å². The van der Waals surface area contributed by atoms with Crippen molar-refractivity contribution in [3.05, 3.63) is 99.0 Å². The van der Waals surface area contributed by atoms with Crippen LogP contribution >= 0.6 is 34.8 Å². The third-order valence-corrected chi connectivity index (χ3v) is 5.83. The summed E-state index contributed by atoms with van der Waals surface area (Å²) in [7, 11) is 0. The molecule has 1 amide bonds. The van der Waals surface area contributed by atoms with Crippen LogP contribution in [0.4, 0.5) is 5.69 Å². The minimum absolute atomic E-state index is 0.0258.